The Hall–Kier alpha value is -1.45. The summed E-state index contributed by atoms with van der Waals surface area (Å²) in [5.74, 6) is 0. The van der Waals surface area contributed by atoms with E-state index < -0.39 is 6.10 Å². The highest BCUT2D eigenvalue weighted by atomic mass is 16.5. The first-order valence-electron chi connectivity index (χ1n) is 6.79. The van der Waals surface area contributed by atoms with Gasteiger partial charge in [-0.05, 0) is 24.1 Å². The molecule has 0 amide bonds. The fourth-order valence-corrected chi connectivity index (χ4v) is 2.44. The molecule has 1 heterocycles. The number of fused-ring (bicyclic) bond motifs is 1. The Morgan fingerprint density at radius 1 is 1.26 bits per heavy atom. The molecule has 2 atom stereocenters. The summed E-state index contributed by atoms with van der Waals surface area (Å²) in [7, 11) is 1.66. The van der Waals surface area contributed by atoms with Crippen LogP contribution in [-0.2, 0) is 11.2 Å². The van der Waals surface area contributed by atoms with Crippen molar-refractivity contribution in [2.45, 2.75) is 38.4 Å². The minimum atomic E-state index is -0.476. The summed E-state index contributed by atoms with van der Waals surface area (Å²) in [6.45, 7) is 2.10. The summed E-state index contributed by atoms with van der Waals surface area (Å²) >= 11 is 0. The maximum absolute atomic E-state index is 10.3. The van der Waals surface area contributed by atoms with Gasteiger partial charge in [0.05, 0.1) is 17.7 Å². The van der Waals surface area contributed by atoms with E-state index >= 15 is 0 Å². The number of hydrogen-bond acceptors (Lipinski definition) is 3. The van der Waals surface area contributed by atoms with Crippen LogP contribution in [-0.4, -0.2) is 29.4 Å². The molecule has 102 valence electrons. The van der Waals surface area contributed by atoms with E-state index in [0.717, 1.165) is 29.3 Å². The minimum Gasteiger partial charge on any atom is -0.390 e. The predicted octanol–water partition coefficient (Wildman–Crippen LogP) is 2.95. The third-order valence-corrected chi connectivity index (χ3v) is 3.47. The van der Waals surface area contributed by atoms with Crippen LogP contribution >= 0.6 is 0 Å². The molecule has 1 N–H and O–H groups in total. The molecule has 19 heavy (non-hydrogen) atoms. The predicted molar refractivity (Wildman–Crippen MR) is 77.2 cm³/mol. The average Bonchev–Trinajstić information content (AvgIpc) is 2.45. The fourth-order valence-electron chi connectivity index (χ4n) is 2.44. The van der Waals surface area contributed by atoms with Crippen molar-refractivity contribution in [1.82, 2.24) is 4.98 Å². The molecule has 0 radical (unpaired) electrons. The smallest absolute Gasteiger partial charge is 0.0842 e. The second-order valence-corrected chi connectivity index (χ2v) is 4.82. The van der Waals surface area contributed by atoms with E-state index in [2.05, 4.69) is 11.9 Å². The lowest BCUT2D eigenvalue weighted by atomic mass is 9.98. The van der Waals surface area contributed by atoms with E-state index in [-0.39, 0.29) is 6.10 Å². The summed E-state index contributed by atoms with van der Waals surface area (Å²) in [4.78, 5) is 4.34. The van der Waals surface area contributed by atoms with Gasteiger partial charge in [-0.2, -0.15) is 0 Å². The zero-order valence-electron chi connectivity index (χ0n) is 11.5. The van der Waals surface area contributed by atoms with Gasteiger partial charge in [-0.15, -0.1) is 0 Å². The molecule has 3 heteroatoms. The van der Waals surface area contributed by atoms with Gasteiger partial charge in [-0.25, -0.2) is 0 Å². The molecule has 1 aromatic carbocycles. The van der Waals surface area contributed by atoms with Crippen molar-refractivity contribution in [3.05, 3.63) is 42.1 Å². The lowest BCUT2D eigenvalue weighted by molar-refractivity contribution is -0.0157. The molecular weight excluding hydrogens is 238 g/mol. The fraction of sp³-hybridized carbons (Fsp3) is 0.438. The van der Waals surface area contributed by atoms with Crippen LogP contribution in [0.2, 0.25) is 0 Å². The van der Waals surface area contributed by atoms with Crippen molar-refractivity contribution in [2.24, 2.45) is 0 Å². The summed E-state index contributed by atoms with van der Waals surface area (Å²) in [6, 6.07) is 9.99. The van der Waals surface area contributed by atoms with E-state index in [4.69, 9.17) is 4.74 Å². The normalized spacial score (nSPS) is 14.5. The topological polar surface area (TPSA) is 42.4 Å². The summed E-state index contributed by atoms with van der Waals surface area (Å²) < 4.78 is 5.37. The summed E-state index contributed by atoms with van der Waals surface area (Å²) in [6.07, 6.45) is 3.70. The molecule has 2 unspecified atom stereocenters. The van der Waals surface area contributed by atoms with Crippen molar-refractivity contribution < 1.29 is 9.84 Å². The molecule has 2 rings (SSSR count). The number of aliphatic hydroxyl groups excluding tert-OH is 1. The largest absolute Gasteiger partial charge is 0.390 e. The molecule has 0 bridgehead atoms. The van der Waals surface area contributed by atoms with Crippen molar-refractivity contribution in [1.29, 1.82) is 0 Å². The lowest BCUT2D eigenvalue weighted by Crippen LogP contribution is -2.29. The Balaban J connectivity index is 2.21. The number of methoxy groups -OCH3 is 1. The Labute approximate surface area is 114 Å². The number of pyridine rings is 1. The minimum absolute atomic E-state index is 0.100. The monoisotopic (exact) mass is 259 g/mol. The quantitative estimate of drug-likeness (QED) is 0.867. The maximum atomic E-state index is 10.3. The van der Waals surface area contributed by atoms with Gasteiger partial charge in [0.25, 0.3) is 0 Å². The van der Waals surface area contributed by atoms with Crippen molar-refractivity contribution in [3.8, 4) is 0 Å². The number of benzene rings is 1. The first-order chi connectivity index (χ1) is 9.26. The van der Waals surface area contributed by atoms with Gasteiger partial charge in [0.15, 0.2) is 0 Å². The molecule has 0 saturated heterocycles. The molecule has 2 aromatic rings. The highest BCUT2D eigenvalue weighted by molar-refractivity contribution is 5.81. The molecule has 0 fully saturated rings. The third-order valence-electron chi connectivity index (χ3n) is 3.47. The van der Waals surface area contributed by atoms with Crippen LogP contribution in [0.15, 0.2) is 36.5 Å². The van der Waals surface area contributed by atoms with Gasteiger partial charge in [0.2, 0.25) is 0 Å². The third kappa shape index (κ3) is 3.31. The number of aromatic nitrogens is 1. The van der Waals surface area contributed by atoms with E-state index in [0.29, 0.717) is 6.42 Å². The number of aliphatic hydroxyl groups is 1. The number of ether oxygens (including phenoxy) is 1. The Kier molecular flexibility index (Phi) is 4.88. The Morgan fingerprint density at radius 2 is 2.05 bits per heavy atom. The van der Waals surface area contributed by atoms with Gasteiger partial charge in [0, 0.05) is 25.1 Å². The van der Waals surface area contributed by atoms with Crippen molar-refractivity contribution in [3.63, 3.8) is 0 Å². The second kappa shape index (κ2) is 6.64. The van der Waals surface area contributed by atoms with Crippen LogP contribution in [0.25, 0.3) is 10.9 Å². The van der Waals surface area contributed by atoms with Crippen LogP contribution < -0.4 is 0 Å². The van der Waals surface area contributed by atoms with Crippen molar-refractivity contribution >= 4 is 10.9 Å². The van der Waals surface area contributed by atoms with Gasteiger partial charge in [-0.1, -0.05) is 31.5 Å². The molecule has 1 aromatic heterocycles. The second-order valence-electron chi connectivity index (χ2n) is 4.82. The Bertz CT molecular complexity index is 522. The maximum Gasteiger partial charge on any atom is 0.0842 e. The Morgan fingerprint density at radius 3 is 2.79 bits per heavy atom. The van der Waals surface area contributed by atoms with E-state index in [1.54, 1.807) is 13.3 Å². The van der Waals surface area contributed by atoms with E-state index in [9.17, 15) is 5.11 Å². The standard InChI is InChI=1S/C16H21NO2/c1-3-6-16(19-2)15(18)11-12-9-10-17-14-8-5-4-7-13(12)14/h4-5,7-10,15-16,18H,3,6,11H2,1-2H3. The zero-order chi connectivity index (χ0) is 13.7. The molecule has 0 saturated carbocycles. The summed E-state index contributed by atoms with van der Waals surface area (Å²) in [5, 5.41) is 11.4. The van der Waals surface area contributed by atoms with Crippen LogP contribution in [0, 0.1) is 0 Å². The number of hydrogen-bond donors (Lipinski definition) is 1. The van der Waals surface area contributed by atoms with Crippen LogP contribution in [0.3, 0.4) is 0 Å². The molecule has 3 nitrogen and oxygen atoms in total. The number of nitrogens with zero attached hydrogens (tertiary/aromatic N) is 1. The first-order valence-corrected chi connectivity index (χ1v) is 6.79. The number of para-hydroxylation sites is 1. The van der Waals surface area contributed by atoms with E-state index in [1.807, 2.05) is 30.3 Å². The molecule has 0 spiro atoms. The van der Waals surface area contributed by atoms with Gasteiger partial charge in [-0.3, -0.25) is 4.98 Å². The van der Waals surface area contributed by atoms with Gasteiger partial charge in [0.1, 0.15) is 0 Å². The average molecular weight is 259 g/mol. The highest BCUT2D eigenvalue weighted by Crippen LogP contribution is 2.19. The zero-order valence-corrected chi connectivity index (χ0v) is 11.5. The highest BCUT2D eigenvalue weighted by Gasteiger charge is 2.19. The van der Waals surface area contributed by atoms with Gasteiger partial charge >= 0.3 is 0 Å². The molecule has 0 aliphatic heterocycles. The van der Waals surface area contributed by atoms with Crippen LogP contribution in [0.5, 0.6) is 0 Å². The SMILES string of the molecule is CCCC(OC)C(O)Cc1ccnc2ccccc12. The number of rotatable bonds is 6. The molecular formula is C16H21NO2. The van der Waals surface area contributed by atoms with Crippen LogP contribution in [0.1, 0.15) is 25.3 Å². The summed E-state index contributed by atoms with van der Waals surface area (Å²) in [5.41, 5.74) is 2.09. The van der Waals surface area contributed by atoms with Crippen LogP contribution in [0.4, 0.5) is 0 Å². The van der Waals surface area contributed by atoms with E-state index in [1.165, 1.54) is 0 Å². The lowest BCUT2D eigenvalue weighted by Gasteiger charge is -2.21. The van der Waals surface area contributed by atoms with Crippen molar-refractivity contribution in [2.75, 3.05) is 7.11 Å². The van der Waals surface area contributed by atoms with Gasteiger partial charge < -0.3 is 9.84 Å². The first kappa shape index (κ1) is 14.0. The molecule has 0 aliphatic carbocycles. The molecule has 0 aliphatic rings.